The zero-order chi connectivity index (χ0) is 13.8. The van der Waals surface area contributed by atoms with Crippen LogP contribution in [0.5, 0.6) is 5.75 Å². The molecule has 0 bridgehead atoms. The Morgan fingerprint density at radius 1 is 1.53 bits per heavy atom. The van der Waals surface area contributed by atoms with E-state index < -0.39 is 4.92 Å². The molecule has 1 aromatic rings. The second-order valence-corrected chi connectivity index (χ2v) is 4.61. The normalized spacial score (nSPS) is 14.8. The molecule has 6 heteroatoms. The van der Waals surface area contributed by atoms with Gasteiger partial charge in [-0.15, -0.1) is 0 Å². The Bertz CT molecular complexity index is 460. The van der Waals surface area contributed by atoms with Crippen LogP contribution in [-0.2, 0) is 0 Å². The van der Waals surface area contributed by atoms with Gasteiger partial charge in [0.15, 0.2) is 0 Å². The largest absolute Gasteiger partial charge is 0.497 e. The lowest BCUT2D eigenvalue weighted by atomic mass is 9.91. The van der Waals surface area contributed by atoms with Crippen molar-refractivity contribution in [1.29, 1.82) is 0 Å². The number of anilines is 1. The summed E-state index contributed by atoms with van der Waals surface area (Å²) in [7, 11) is 1.53. The highest BCUT2D eigenvalue weighted by Gasteiger charge is 2.29. The van der Waals surface area contributed by atoms with Gasteiger partial charge in [0.05, 0.1) is 18.6 Å². The van der Waals surface area contributed by atoms with E-state index in [1.54, 1.807) is 12.1 Å². The van der Waals surface area contributed by atoms with Crippen molar-refractivity contribution in [2.45, 2.75) is 25.3 Å². The zero-order valence-electron chi connectivity index (χ0n) is 10.9. The van der Waals surface area contributed by atoms with Gasteiger partial charge in [-0.3, -0.25) is 10.1 Å². The minimum atomic E-state index is -0.391. The highest BCUT2D eigenvalue weighted by Crippen LogP contribution is 2.37. The lowest BCUT2D eigenvalue weighted by Gasteiger charge is -2.38. The number of hydrogen-bond acceptors (Lipinski definition) is 5. The third-order valence-electron chi connectivity index (χ3n) is 3.55. The van der Waals surface area contributed by atoms with Crippen molar-refractivity contribution < 1.29 is 14.8 Å². The van der Waals surface area contributed by atoms with Crippen LogP contribution in [0.3, 0.4) is 0 Å². The van der Waals surface area contributed by atoms with E-state index in [0.29, 0.717) is 18.0 Å². The molecule has 0 saturated heterocycles. The van der Waals surface area contributed by atoms with Crippen LogP contribution < -0.4 is 9.64 Å². The molecule has 1 N–H and O–H groups in total. The van der Waals surface area contributed by atoms with Gasteiger partial charge >= 0.3 is 0 Å². The van der Waals surface area contributed by atoms with Crippen molar-refractivity contribution in [2.75, 3.05) is 25.2 Å². The molecule has 19 heavy (non-hydrogen) atoms. The number of aliphatic hydroxyl groups excluding tert-OH is 1. The fraction of sp³-hybridized carbons (Fsp3) is 0.538. The predicted octanol–water partition coefficient (Wildman–Crippen LogP) is 1.95. The van der Waals surface area contributed by atoms with Gasteiger partial charge in [0.1, 0.15) is 11.4 Å². The van der Waals surface area contributed by atoms with E-state index in [4.69, 9.17) is 4.74 Å². The van der Waals surface area contributed by atoms with E-state index >= 15 is 0 Å². The first-order valence-corrected chi connectivity index (χ1v) is 6.37. The van der Waals surface area contributed by atoms with Crippen LogP contribution in [0.25, 0.3) is 0 Å². The maximum Gasteiger partial charge on any atom is 0.292 e. The van der Waals surface area contributed by atoms with E-state index in [9.17, 15) is 15.2 Å². The molecular weight excluding hydrogens is 248 g/mol. The van der Waals surface area contributed by atoms with E-state index in [-0.39, 0.29) is 18.3 Å². The van der Waals surface area contributed by atoms with Gasteiger partial charge in [0, 0.05) is 24.7 Å². The smallest absolute Gasteiger partial charge is 0.292 e. The van der Waals surface area contributed by atoms with Crippen LogP contribution in [-0.4, -0.2) is 36.3 Å². The monoisotopic (exact) mass is 266 g/mol. The highest BCUT2D eigenvalue weighted by molar-refractivity contribution is 5.66. The van der Waals surface area contributed by atoms with Gasteiger partial charge in [-0.2, -0.15) is 0 Å². The Labute approximate surface area is 111 Å². The molecule has 0 unspecified atom stereocenters. The first-order valence-electron chi connectivity index (χ1n) is 6.37. The molecule has 0 heterocycles. The summed E-state index contributed by atoms with van der Waals surface area (Å²) >= 11 is 0. The molecule has 0 amide bonds. The Balaban J connectivity index is 2.39. The van der Waals surface area contributed by atoms with Crippen LogP contribution >= 0.6 is 0 Å². The fourth-order valence-electron chi connectivity index (χ4n) is 2.32. The maximum absolute atomic E-state index is 11.1. The zero-order valence-corrected chi connectivity index (χ0v) is 10.9. The average Bonchev–Trinajstić information content (AvgIpc) is 2.35. The number of hydrogen-bond donors (Lipinski definition) is 1. The molecule has 1 saturated carbocycles. The SMILES string of the molecule is COc1ccc([N+](=O)[O-])c(N(CCO)C2CCC2)c1. The quantitative estimate of drug-likeness (QED) is 0.629. The van der Waals surface area contributed by atoms with Gasteiger partial charge in [-0.25, -0.2) is 0 Å². The number of nitro benzene ring substituents is 1. The fourth-order valence-corrected chi connectivity index (χ4v) is 2.32. The molecule has 0 atom stereocenters. The third-order valence-corrected chi connectivity index (χ3v) is 3.55. The van der Waals surface area contributed by atoms with Gasteiger partial charge in [-0.1, -0.05) is 0 Å². The van der Waals surface area contributed by atoms with Gasteiger partial charge in [-0.05, 0) is 25.3 Å². The molecule has 6 nitrogen and oxygen atoms in total. The van der Waals surface area contributed by atoms with E-state index in [2.05, 4.69) is 0 Å². The summed E-state index contributed by atoms with van der Waals surface area (Å²) in [5, 5.41) is 20.3. The van der Waals surface area contributed by atoms with Gasteiger partial charge < -0.3 is 14.7 Å². The summed E-state index contributed by atoms with van der Waals surface area (Å²) in [6.45, 7) is 0.379. The maximum atomic E-state index is 11.1. The number of methoxy groups -OCH3 is 1. The number of ether oxygens (including phenoxy) is 1. The first-order chi connectivity index (χ1) is 9.17. The molecule has 1 fully saturated rings. The molecule has 0 aliphatic heterocycles. The van der Waals surface area contributed by atoms with Crippen LogP contribution in [0, 0.1) is 10.1 Å². The van der Waals surface area contributed by atoms with Crippen molar-refractivity contribution >= 4 is 11.4 Å². The molecule has 1 aliphatic rings. The molecule has 0 radical (unpaired) electrons. The molecule has 104 valence electrons. The van der Waals surface area contributed by atoms with Crippen LogP contribution in [0.15, 0.2) is 18.2 Å². The van der Waals surface area contributed by atoms with Crippen LogP contribution in [0.2, 0.25) is 0 Å². The van der Waals surface area contributed by atoms with E-state index in [1.165, 1.54) is 13.2 Å². The molecule has 0 spiro atoms. The Kier molecular flexibility index (Phi) is 4.21. The summed E-state index contributed by atoms with van der Waals surface area (Å²) < 4.78 is 5.14. The highest BCUT2D eigenvalue weighted by atomic mass is 16.6. The van der Waals surface area contributed by atoms with Crippen molar-refractivity contribution in [3.8, 4) is 5.75 Å². The van der Waals surface area contributed by atoms with Crippen molar-refractivity contribution in [3.05, 3.63) is 28.3 Å². The Hall–Kier alpha value is -1.82. The lowest BCUT2D eigenvalue weighted by Crippen LogP contribution is -2.42. The summed E-state index contributed by atoms with van der Waals surface area (Å²) in [6, 6.07) is 4.99. The van der Waals surface area contributed by atoms with Crippen molar-refractivity contribution in [2.24, 2.45) is 0 Å². The molecular formula is C13H18N2O4. The first kappa shape index (κ1) is 13.6. The summed E-state index contributed by atoms with van der Waals surface area (Å²) in [6.07, 6.45) is 3.15. The number of benzene rings is 1. The summed E-state index contributed by atoms with van der Waals surface area (Å²) in [4.78, 5) is 12.7. The van der Waals surface area contributed by atoms with Crippen molar-refractivity contribution in [3.63, 3.8) is 0 Å². The Morgan fingerprint density at radius 2 is 2.26 bits per heavy atom. The van der Waals surface area contributed by atoms with Crippen molar-refractivity contribution in [1.82, 2.24) is 0 Å². The minimum absolute atomic E-state index is 0.0230. The topological polar surface area (TPSA) is 75.8 Å². The van der Waals surface area contributed by atoms with Gasteiger partial charge in [0.2, 0.25) is 0 Å². The van der Waals surface area contributed by atoms with E-state index in [1.807, 2.05) is 4.90 Å². The second-order valence-electron chi connectivity index (χ2n) is 4.61. The molecule has 2 rings (SSSR count). The van der Waals surface area contributed by atoms with Crippen LogP contribution in [0.1, 0.15) is 19.3 Å². The number of rotatable bonds is 6. The number of aliphatic hydroxyl groups is 1. The number of nitrogens with zero attached hydrogens (tertiary/aromatic N) is 2. The van der Waals surface area contributed by atoms with Crippen LogP contribution in [0.4, 0.5) is 11.4 Å². The molecule has 0 aromatic heterocycles. The van der Waals surface area contributed by atoms with Gasteiger partial charge in [0.25, 0.3) is 5.69 Å². The standard InChI is InChI=1S/C13H18N2O4/c1-19-11-5-6-12(15(17)18)13(9-11)14(7-8-16)10-3-2-4-10/h5-6,9-10,16H,2-4,7-8H2,1H3. The average molecular weight is 266 g/mol. The Morgan fingerprint density at radius 3 is 2.74 bits per heavy atom. The minimum Gasteiger partial charge on any atom is -0.497 e. The molecule has 1 aliphatic carbocycles. The summed E-state index contributed by atoms with van der Waals surface area (Å²) in [5.74, 6) is 0.586. The summed E-state index contributed by atoms with van der Waals surface area (Å²) in [5.41, 5.74) is 0.587. The van der Waals surface area contributed by atoms with E-state index in [0.717, 1.165) is 19.3 Å². The number of nitro groups is 1. The predicted molar refractivity (Wildman–Crippen MR) is 71.7 cm³/mol. The second kappa shape index (κ2) is 5.88. The lowest BCUT2D eigenvalue weighted by molar-refractivity contribution is -0.384. The molecule has 1 aromatic carbocycles. The third kappa shape index (κ3) is 2.78.